The van der Waals surface area contributed by atoms with Crippen molar-refractivity contribution >= 4 is 34.7 Å². The molecule has 2 aromatic heterocycles. The molecule has 90 valence electrons. The van der Waals surface area contributed by atoms with Crippen LogP contribution < -0.4 is 11.0 Å². The summed E-state index contributed by atoms with van der Waals surface area (Å²) >= 11 is 5.91. The number of aromatic nitrogens is 3. The fraction of sp³-hybridized carbons (Fsp3) is 0.222. The van der Waals surface area contributed by atoms with E-state index in [9.17, 15) is 9.59 Å². The fourth-order valence-electron chi connectivity index (χ4n) is 1.31. The first kappa shape index (κ1) is 11.5. The highest BCUT2D eigenvalue weighted by atomic mass is 35.5. The molecule has 3 N–H and O–H groups in total. The molecule has 0 aliphatic heterocycles. The number of nitrogens with one attached hydrogen (secondary N) is 3. The molecule has 0 saturated carbocycles. The third kappa shape index (κ3) is 2.39. The Labute approximate surface area is 100 Å². The first-order valence-electron chi connectivity index (χ1n) is 4.82. The van der Waals surface area contributed by atoms with Gasteiger partial charge in [0, 0.05) is 6.07 Å². The number of fused-ring (bicyclic) bond motifs is 1. The Morgan fingerprint density at radius 3 is 3.06 bits per heavy atom. The summed E-state index contributed by atoms with van der Waals surface area (Å²) in [5, 5.41) is 2.67. The minimum Gasteiger partial charge on any atom is -0.450 e. The summed E-state index contributed by atoms with van der Waals surface area (Å²) in [4.78, 5) is 31.1. The molecular formula is C9H9ClN4O3. The van der Waals surface area contributed by atoms with Gasteiger partial charge in [0.2, 0.25) is 0 Å². The van der Waals surface area contributed by atoms with Crippen LogP contribution in [-0.4, -0.2) is 27.7 Å². The molecule has 0 saturated heterocycles. The SMILES string of the molecule is CCOC(=O)Nc1cc(Cl)c2[nH]c(=O)[nH]c2n1. The molecule has 8 heteroatoms. The van der Waals surface area contributed by atoms with E-state index in [0.717, 1.165) is 0 Å². The van der Waals surface area contributed by atoms with E-state index in [4.69, 9.17) is 16.3 Å². The van der Waals surface area contributed by atoms with Crippen LogP contribution in [0, 0.1) is 0 Å². The number of H-pyrrole nitrogens is 2. The molecule has 1 amide bonds. The van der Waals surface area contributed by atoms with Gasteiger partial charge in [0.25, 0.3) is 0 Å². The van der Waals surface area contributed by atoms with E-state index in [0.29, 0.717) is 5.52 Å². The Kier molecular flexibility index (Phi) is 3.01. The maximum atomic E-state index is 11.2. The maximum Gasteiger partial charge on any atom is 0.412 e. The lowest BCUT2D eigenvalue weighted by atomic mass is 10.4. The highest BCUT2D eigenvalue weighted by Crippen LogP contribution is 2.21. The summed E-state index contributed by atoms with van der Waals surface area (Å²) in [6.45, 7) is 1.94. The van der Waals surface area contributed by atoms with Crippen molar-refractivity contribution in [3.8, 4) is 0 Å². The number of carbonyl (C=O) groups excluding carboxylic acids is 1. The van der Waals surface area contributed by atoms with Crippen LogP contribution in [0.1, 0.15) is 6.92 Å². The second-order valence-electron chi connectivity index (χ2n) is 3.14. The lowest BCUT2D eigenvalue weighted by Gasteiger charge is -2.04. The molecule has 0 aliphatic carbocycles. The summed E-state index contributed by atoms with van der Waals surface area (Å²) in [7, 11) is 0. The predicted octanol–water partition coefficient (Wildman–Crippen LogP) is 1.47. The Bertz CT molecular complexity index is 618. The van der Waals surface area contributed by atoms with Gasteiger partial charge in [0.15, 0.2) is 5.65 Å². The summed E-state index contributed by atoms with van der Waals surface area (Å²) in [6.07, 6.45) is -0.631. The number of imidazole rings is 1. The molecule has 7 nitrogen and oxygen atoms in total. The van der Waals surface area contributed by atoms with E-state index < -0.39 is 11.8 Å². The van der Waals surface area contributed by atoms with Gasteiger partial charge >= 0.3 is 11.8 Å². The van der Waals surface area contributed by atoms with Crippen molar-refractivity contribution in [2.24, 2.45) is 0 Å². The monoisotopic (exact) mass is 256 g/mol. The first-order chi connectivity index (χ1) is 8.10. The molecule has 0 aromatic carbocycles. The van der Waals surface area contributed by atoms with Crippen LogP contribution in [0.25, 0.3) is 11.2 Å². The quantitative estimate of drug-likeness (QED) is 0.757. The molecule has 2 rings (SSSR count). The van der Waals surface area contributed by atoms with Gasteiger partial charge in [-0.2, -0.15) is 0 Å². The second kappa shape index (κ2) is 4.46. The van der Waals surface area contributed by atoms with Crippen LogP contribution in [0.3, 0.4) is 0 Å². The number of hydrogen-bond acceptors (Lipinski definition) is 4. The third-order valence-electron chi connectivity index (χ3n) is 1.95. The van der Waals surface area contributed by atoms with Crippen molar-refractivity contribution in [2.45, 2.75) is 6.92 Å². The molecule has 0 aliphatic rings. The van der Waals surface area contributed by atoms with Gasteiger partial charge in [-0.1, -0.05) is 11.6 Å². The standard InChI is InChI=1S/C9H9ClN4O3/c1-2-17-9(16)12-5-3-4(10)6-7(11-5)14-8(15)13-6/h3H,2H2,1H3,(H3,11,12,13,14,15,16). The molecule has 0 bridgehead atoms. The van der Waals surface area contributed by atoms with Crippen LogP contribution in [0.2, 0.25) is 5.02 Å². The Hall–Kier alpha value is -2.02. The van der Waals surface area contributed by atoms with E-state index in [1.54, 1.807) is 6.92 Å². The van der Waals surface area contributed by atoms with Crippen molar-refractivity contribution in [2.75, 3.05) is 11.9 Å². The van der Waals surface area contributed by atoms with Crippen molar-refractivity contribution in [1.29, 1.82) is 0 Å². The normalized spacial score (nSPS) is 10.5. The average molecular weight is 257 g/mol. The molecule has 0 radical (unpaired) electrons. The number of anilines is 1. The average Bonchev–Trinajstić information content (AvgIpc) is 2.59. The van der Waals surface area contributed by atoms with Crippen molar-refractivity contribution in [1.82, 2.24) is 15.0 Å². The summed E-state index contributed by atoms with van der Waals surface area (Å²) in [5.41, 5.74) is 0.253. The highest BCUT2D eigenvalue weighted by molar-refractivity contribution is 6.35. The number of nitrogens with zero attached hydrogens (tertiary/aromatic N) is 1. The molecule has 17 heavy (non-hydrogen) atoms. The maximum absolute atomic E-state index is 11.2. The topological polar surface area (TPSA) is 99.9 Å². The van der Waals surface area contributed by atoms with Gasteiger partial charge in [-0.15, -0.1) is 0 Å². The number of halogens is 1. The van der Waals surface area contributed by atoms with E-state index in [1.165, 1.54) is 6.07 Å². The minimum absolute atomic E-state index is 0.205. The number of rotatable bonds is 2. The van der Waals surface area contributed by atoms with Gasteiger partial charge in [0.1, 0.15) is 11.3 Å². The van der Waals surface area contributed by atoms with Crippen LogP contribution >= 0.6 is 11.6 Å². The molecule has 2 heterocycles. The Balaban J connectivity index is 2.36. The van der Waals surface area contributed by atoms with Gasteiger partial charge < -0.3 is 9.72 Å². The number of ether oxygens (including phenoxy) is 1. The largest absolute Gasteiger partial charge is 0.450 e. The van der Waals surface area contributed by atoms with Crippen molar-refractivity contribution in [3.05, 3.63) is 21.6 Å². The molecule has 0 fully saturated rings. The Morgan fingerprint density at radius 2 is 2.35 bits per heavy atom. The Morgan fingerprint density at radius 1 is 1.59 bits per heavy atom. The summed E-state index contributed by atoms with van der Waals surface area (Å²) < 4.78 is 4.69. The second-order valence-corrected chi connectivity index (χ2v) is 3.54. The van der Waals surface area contributed by atoms with Crippen LogP contribution in [0.4, 0.5) is 10.6 Å². The van der Waals surface area contributed by atoms with Crippen LogP contribution in [0.15, 0.2) is 10.9 Å². The van der Waals surface area contributed by atoms with E-state index in [2.05, 4.69) is 20.3 Å². The highest BCUT2D eigenvalue weighted by Gasteiger charge is 2.09. The number of pyridine rings is 1. The smallest absolute Gasteiger partial charge is 0.412 e. The van der Waals surface area contributed by atoms with Gasteiger partial charge in [-0.05, 0) is 6.92 Å². The summed E-state index contributed by atoms with van der Waals surface area (Å²) in [6, 6.07) is 1.42. The lowest BCUT2D eigenvalue weighted by Crippen LogP contribution is -2.14. The molecule has 0 atom stereocenters. The minimum atomic E-state index is -0.631. The fourth-order valence-corrected chi connectivity index (χ4v) is 1.55. The van der Waals surface area contributed by atoms with Gasteiger partial charge in [0.05, 0.1) is 11.6 Å². The zero-order valence-corrected chi connectivity index (χ0v) is 9.59. The van der Waals surface area contributed by atoms with E-state index in [-0.39, 0.29) is 23.1 Å². The molecule has 0 unspecified atom stereocenters. The van der Waals surface area contributed by atoms with Crippen molar-refractivity contribution in [3.63, 3.8) is 0 Å². The predicted molar refractivity (Wildman–Crippen MR) is 62.4 cm³/mol. The van der Waals surface area contributed by atoms with Crippen LogP contribution in [-0.2, 0) is 4.74 Å². The number of carbonyl (C=O) groups is 1. The van der Waals surface area contributed by atoms with Crippen molar-refractivity contribution < 1.29 is 9.53 Å². The van der Waals surface area contributed by atoms with Gasteiger partial charge in [-0.25, -0.2) is 14.6 Å². The lowest BCUT2D eigenvalue weighted by molar-refractivity contribution is 0.168. The number of amides is 1. The summed E-state index contributed by atoms with van der Waals surface area (Å²) in [5.74, 6) is 0.205. The molecule has 0 spiro atoms. The first-order valence-corrected chi connectivity index (χ1v) is 5.20. The zero-order chi connectivity index (χ0) is 12.4. The van der Waals surface area contributed by atoms with E-state index >= 15 is 0 Å². The third-order valence-corrected chi connectivity index (χ3v) is 2.25. The zero-order valence-electron chi connectivity index (χ0n) is 8.83. The van der Waals surface area contributed by atoms with Gasteiger partial charge in [-0.3, -0.25) is 10.3 Å². The van der Waals surface area contributed by atoms with Crippen LogP contribution in [0.5, 0.6) is 0 Å². The molecule has 2 aromatic rings. The molecular weight excluding hydrogens is 248 g/mol. The number of aromatic amines is 2. The number of hydrogen-bond donors (Lipinski definition) is 3. The van der Waals surface area contributed by atoms with E-state index in [1.807, 2.05) is 0 Å².